The molecule has 0 aliphatic rings. The minimum absolute atomic E-state index is 0.00188. The molecule has 19 heavy (non-hydrogen) atoms. The van der Waals surface area contributed by atoms with Gasteiger partial charge < -0.3 is 10.1 Å². The lowest BCUT2D eigenvalue weighted by molar-refractivity contribution is -0.159. The Morgan fingerprint density at radius 2 is 2.21 bits per heavy atom. The fraction of sp³-hybridized carbons (Fsp3) is 0.727. The summed E-state index contributed by atoms with van der Waals surface area (Å²) < 4.78 is 45.4. The molecule has 0 aromatic carbocycles. The van der Waals surface area contributed by atoms with E-state index in [0.29, 0.717) is 6.42 Å². The fourth-order valence-corrected chi connectivity index (χ4v) is 1.92. The third-order valence-electron chi connectivity index (χ3n) is 2.54. The van der Waals surface area contributed by atoms with E-state index in [2.05, 4.69) is 10.4 Å². The number of aromatic nitrogens is 2. The van der Waals surface area contributed by atoms with Crippen molar-refractivity contribution in [2.24, 2.45) is 0 Å². The predicted octanol–water partition coefficient (Wildman–Crippen LogP) is 2.79. The lowest BCUT2D eigenvalue weighted by Crippen LogP contribution is -2.36. The van der Waals surface area contributed by atoms with Gasteiger partial charge in [-0.2, -0.15) is 18.3 Å². The summed E-state index contributed by atoms with van der Waals surface area (Å²) in [5.74, 6) is 0. The van der Waals surface area contributed by atoms with Crippen LogP contribution >= 0.6 is 11.6 Å². The van der Waals surface area contributed by atoms with E-state index in [1.807, 2.05) is 0 Å². The van der Waals surface area contributed by atoms with E-state index >= 15 is 0 Å². The Hall–Kier alpha value is -0.790. The van der Waals surface area contributed by atoms with Crippen molar-refractivity contribution in [3.63, 3.8) is 0 Å². The summed E-state index contributed by atoms with van der Waals surface area (Å²) in [4.78, 5) is 0. The van der Waals surface area contributed by atoms with E-state index < -0.39 is 12.2 Å². The number of ether oxygens (including phenoxy) is 1. The molecule has 0 aliphatic heterocycles. The van der Waals surface area contributed by atoms with Crippen LogP contribution in [0.15, 0.2) is 6.20 Å². The first-order chi connectivity index (χ1) is 8.91. The highest BCUT2D eigenvalue weighted by atomic mass is 35.5. The van der Waals surface area contributed by atoms with E-state index in [-0.39, 0.29) is 30.4 Å². The molecule has 0 bridgehead atoms. The molecule has 0 aliphatic carbocycles. The van der Waals surface area contributed by atoms with E-state index in [1.54, 1.807) is 6.92 Å². The Balaban J connectivity index is 3.03. The Kier molecular flexibility index (Phi) is 6.09. The molecule has 0 spiro atoms. The number of halogens is 4. The second-order valence-electron chi connectivity index (χ2n) is 4.02. The van der Waals surface area contributed by atoms with Gasteiger partial charge in [-0.15, -0.1) is 0 Å². The van der Waals surface area contributed by atoms with E-state index in [9.17, 15) is 13.2 Å². The normalized spacial score (nSPS) is 13.8. The smallest absolute Gasteiger partial charge is 0.383 e. The van der Waals surface area contributed by atoms with Crippen LogP contribution in [-0.2, 0) is 11.3 Å². The first-order valence-electron chi connectivity index (χ1n) is 5.92. The third kappa shape index (κ3) is 4.36. The second kappa shape index (κ2) is 7.12. The van der Waals surface area contributed by atoms with E-state index in [4.69, 9.17) is 16.3 Å². The maximum atomic E-state index is 13.1. The molecule has 1 unspecified atom stereocenters. The van der Waals surface area contributed by atoms with Gasteiger partial charge in [0.2, 0.25) is 0 Å². The summed E-state index contributed by atoms with van der Waals surface area (Å²) in [5.41, 5.74) is -0.0698. The molecule has 8 heteroatoms. The Bertz CT molecular complexity index is 395. The van der Waals surface area contributed by atoms with Gasteiger partial charge in [0.15, 0.2) is 0 Å². The van der Waals surface area contributed by atoms with Crippen molar-refractivity contribution in [1.82, 2.24) is 15.1 Å². The summed E-state index contributed by atoms with van der Waals surface area (Å²) in [7, 11) is 1.47. The summed E-state index contributed by atoms with van der Waals surface area (Å²) in [5, 5.41) is 6.32. The number of hydrogen-bond acceptors (Lipinski definition) is 3. The standard InChI is InChI=1S/C11H17ClF3N3O/c1-3-4-16-10(11(13,14)15)9-8(12)7-17-18(9)5-6-19-2/h7,10,16H,3-6H2,1-2H3. The summed E-state index contributed by atoms with van der Waals surface area (Å²) in [6.45, 7) is 2.53. The maximum Gasteiger partial charge on any atom is 0.409 e. The van der Waals surface area contributed by atoms with Gasteiger partial charge in [-0.05, 0) is 13.0 Å². The average Bonchev–Trinajstić information content (AvgIpc) is 2.67. The molecular weight excluding hydrogens is 283 g/mol. The van der Waals surface area contributed by atoms with Gasteiger partial charge in [-0.3, -0.25) is 4.68 Å². The quantitative estimate of drug-likeness (QED) is 0.841. The lowest BCUT2D eigenvalue weighted by atomic mass is 10.2. The van der Waals surface area contributed by atoms with Gasteiger partial charge in [0, 0.05) is 7.11 Å². The van der Waals surface area contributed by atoms with Gasteiger partial charge in [0.25, 0.3) is 0 Å². The maximum absolute atomic E-state index is 13.1. The molecule has 0 radical (unpaired) electrons. The van der Waals surface area contributed by atoms with Crippen LogP contribution in [0.2, 0.25) is 5.02 Å². The second-order valence-corrected chi connectivity index (χ2v) is 4.43. The Labute approximate surface area is 114 Å². The highest BCUT2D eigenvalue weighted by Gasteiger charge is 2.43. The molecule has 1 aromatic heterocycles. The van der Waals surface area contributed by atoms with Gasteiger partial charge in [-0.25, -0.2) is 0 Å². The fourth-order valence-electron chi connectivity index (χ4n) is 1.67. The predicted molar refractivity (Wildman–Crippen MR) is 66.2 cm³/mol. The monoisotopic (exact) mass is 299 g/mol. The summed E-state index contributed by atoms with van der Waals surface area (Å²) in [6, 6.07) is -1.82. The number of nitrogens with zero attached hydrogens (tertiary/aromatic N) is 2. The largest absolute Gasteiger partial charge is 0.409 e. The molecule has 1 aromatic rings. The van der Waals surface area contributed by atoms with Gasteiger partial charge in [0.05, 0.1) is 30.1 Å². The zero-order valence-electron chi connectivity index (χ0n) is 10.8. The molecule has 4 nitrogen and oxygen atoms in total. The van der Waals surface area contributed by atoms with Crippen LogP contribution < -0.4 is 5.32 Å². The minimum atomic E-state index is -4.43. The van der Waals surface area contributed by atoms with Crippen molar-refractivity contribution in [3.8, 4) is 0 Å². The van der Waals surface area contributed by atoms with Crippen molar-refractivity contribution in [2.75, 3.05) is 20.3 Å². The molecule has 1 N–H and O–H groups in total. The highest BCUT2D eigenvalue weighted by Crippen LogP contribution is 2.36. The van der Waals surface area contributed by atoms with Crippen molar-refractivity contribution >= 4 is 11.6 Å². The SMILES string of the molecule is CCCNC(c1c(Cl)cnn1CCOC)C(F)(F)F. The molecule has 1 atom stereocenters. The molecule has 0 fully saturated rings. The van der Waals surface area contributed by atoms with Crippen LogP contribution in [-0.4, -0.2) is 36.2 Å². The molecule has 1 heterocycles. The van der Waals surface area contributed by atoms with Crippen LogP contribution in [0.3, 0.4) is 0 Å². The molecule has 0 saturated carbocycles. The van der Waals surface area contributed by atoms with Crippen LogP contribution in [0, 0.1) is 0 Å². The zero-order chi connectivity index (χ0) is 14.5. The van der Waals surface area contributed by atoms with Gasteiger partial charge in [0.1, 0.15) is 6.04 Å². The topological polar surface area (TPSA) is 39.1 Å². The number of hydrogen-bond donors (Lipinski definition) is 1. The van der Waals surface area contributed by atoms with Crippen molar-refractivity contribution in [2.45, 2.75) is 32.1 Å². The molecule has 1 rings (SSSR count). The first kappa shape index (κ1) is 16.3. The van der Waals surface area contributed by atoms with E-state index in [1.165, 1.54) is 18.0 Å². The number of nitrogens with one attached hydrogen (secondary N) is 1. The first-order valence-corrected chi connectivity index (χ1v) is 6.29. The summed E-state index contributed by atoms with van der Waals surface area (Å²) >= 11 is 5.84. The number of alkyl halides is 3. The van der Waals surface area contributed by atoms with Crippen molar-refractivity contribution in [1.29, 1.82) is 0 Å². The highest BCUT2D eigenvalue weighted by molar-refractivity contribution is 6.31. The van der Waals surface area contributed by atoms with Gasteiger partial charge in [-0.1, -0.05) is 18.5 Å². The lowest BCUT2D eigenvalue weighted by Gasteiger charge is -2.23. The molecule has 110 valence electrons. The zero-order valence-corrected chi connectivity index (χ0v) is 11.6. The number of methoxy groups -OCH3 is 1. The molecule has 0 amide bonds. The third-order valence-corrected chi connectivity index (χ3v) is 2.83. The Morgan fingerprint density at radius 1 is 1.53 bits per heavy atom. The van der Waals surface area contributed by atoms with Crippen LogP contribution in [0.1, 0.15) is 25.1 Å². The van der Waals surface area contributed by atoms with Crippen LogP contribution in [0.25, 0.3) is 0 Å². The van der Waals surface area contributed by atoms with Crippen molar-refractivity contribution in [3.05, 3.63) is 16.9 Å². The summed E-state index contributed by atoms with van der Waals surface area (Å²) in [6.07, 6.45) is -2.61. The van der Waals surface area contributed by atoms with Crippen LogP contribution in [0.4, 0.5) is 13.2 Å². The van der Waals surface area contributed by atoms with E-state index in [0.717, 1.165) is 0 Å². The molecule has 0 saturated heterocycles. The number of rotatable bonds is 7. The van der Waals surface area contributed by atoms with Gasteiger partial charge >= 0.3 is 6.18 Å². The minimum Gasteiger partial charge on any atom is -0.383 e. The van der Waals surface area contributed by atoms with Crippen LogP contribution in [0.5, 0.6) is 0 Å². The van der Waals surface area contributed by atoms with Crippen molar-refractivity contribution < 1.29 is 17.9 Å². The Morgan fingerprint density at radius 3 is 2.74 bits per heavy atom. The molecular formula is C11H17ClF3N3O. The average molecular weight is 300 g/mol.